The topological polar surface area (TPSA) is 100 Å². The molecule has 2 aromatic heterocycles. The zero-order valence-electron chi connectivity index (χ0n) is 22.6. The van der Waals surface area contributed by atoms with E-state index in [1.165, 1.54) is 6.07 Å². The number of rotatable bonds is 7. The number of ether oxygens (including phenoxy) is 1. The summed E-state index contributed by atoms with van der Waals surface area (Å²) in [6, 6.07) is 20.5. The van der Waals surface area contributed by atoms with E-state index in [2.05, 4.69) is 10.3 Å². The maximum atomic E-state index is 14.5. The number of aliphatic carboxylic acids is 1. The molecule has 212 valence electrons. The van der Waals surface area contributed by atoms with Crippen molar-refractivity contribution in [2.24, 2.45) is 17.8 Å². The van der Waals surface area contributed by atoms with E-state index in [1.54, 1.807) is 12.3 Å². The molecule has 3 N–H and O–H groups in total. The SMILES string of the molecule is O=C(O)[C@@H]1C2CCC(CC2)C1Nc1cc(-c2ccc(Oc3ccccc3)cc2)nc(-c2c[nH]c3c(F)cc(F)cc23)n1. The average Bonchev–Trinajstić information content (AvgIpc) is 3.43. The Morgan fingerprint density at radius 2 is 1.62 bits per heavy atom. The number of carboxylic acid groups (broad SMARTS) is 1. The number of anilines is 1. The molecule has 8 rings (SSSR count). The van der Waals surface area contributed by atoms with Gasteiger partial charge in [0.15, 0.2) is 5.82 Å². The molecule has 42 heavy (non-hydrogen) atoms. The highest BCUT2D eigenvalue weighted by molar-refractivity contribution is 5.94. The second kappa shape index (κ2) is 10.6. The minimum atomic E-state index is -0.798. The van der Waals surface area contributed by atoms with Crippen LogP contribution in [0.15, 0.2) is 79.0 Å². The predicted octanol–water partition coefficient (Wildman–Crippen LogP) is 7.66. The van der Waals surface area contributed by atoms with Crippen molar-refractivity contribution in [3.63, 3.8) is 0 Å². The van der Waals surface area contributed by atoms with Crippen LogP contribution in [-0.4, -0.2) is 32.1 Å². The van der Waals surface area contributed by atoms with Crippen LogP contribution in [0, 0.1) is 29.4 Å². The van der Waals surface area contributed by atoms with Crippen LogP contribution in [0.25, 0.3) is 33.5 Å². The summed E-state index contributed by atoms with van der Waals surface area (Å²) in [4.78, 5) is 24.7. The molecule has 1 unspecified atom stereocenters. The summed E-state index contributed by atoms with van der Waals surface area (Å²) >= 11 is 0. The molecule has 5 aromatic rings. The molecule has 0 saturated heterocycles. The number of para-hydroxylation sites is 1. The summed E-state index contributed by atoms with van der Waals surface area (Å²) in [6.45, 7) is 0. The molecule has 3 aliphatic rings. The molecule has 9 heteroatoms. The standard InChI is InChI=1S/C33H28F2N4O3/c34-21-14-24-25(17-36-31(24)26(35)15-21)32-37-27(18-10-12-23(13-11-18)42-22-4-2-1-3-5-22)16-28(39-32)38-30-20-8-6-19(7-9-20)29(30)33(40)41/h1-5,10-17,19-20,29-30,36H,6-9H2,(H,40,41)(H,37,38,39)/t19?,20?,29-,30?/m1/s1. The summed E-state index contributed by atoms with van der Waals surface area (Å²) in [5.41, 5.74) is 1.96. The Bertz CT molecular complexity index is 1770. The summed E-state index contributed by atoms with van der Waals surface area (Å²) in [7, 11) is 0. The van der Waals surface area contributed by atoms with E-state index in [4.69, 9.17) is 14.7 Å². The van der Waals surface area contributed by atoms with E-state index in [-0.39, 0.29) is 29.2 Å². The summed E-state index contributed by atoms with van der Waals surface area (Å²) in [5, 5.41) is 13.9. The quantitative estimate of drug-likeness (QED) is 0.187. The largest absolute Gasteiger partial charge is 0.481 e. The number of aromatic nitrogens is 3. The van der Waals surface area contributed by atoms with Crippen LogP contribution in [0.5, 0.6) is 11.5 Å². The van der Waals surface area contributed by atoms with Gasteiger partial charge in [0.2, 0.25) is 0 Å². The van der Waals surface area contributed by atoms with E-state index in [0.29, 0.717) is 28.2 Å². The molecule has 2 atom stereocenters. The van der Waals surface area contributed by atoms with Crippen molar-refractivity contribution in [2.45, 2.75) is 31.7 Å². The number of H-pyrrole nitrogens is 1. The van der Waals surface area contributed by atoms with E-state index in [0.717, 1.165) is 43.1 Å². The van der Waals surface area contributed by atoms with Gasteiger partial charge in [0.25, 0.3) is 0 Å². The van der Waals surface area contributed by atoms with E-state index >= 15 is 0 Å². The maximum absolute atomic E-state index is 14.5. The molecule has 0 spiro atoms. The minimum Gasteiger partial charge on any atom is -0.481 e. The van der Waals surface area contributed by atoms with Gasteiger partial charge in [-0.15, -0.1) is 0 Å². The molecule has 2 heterocycles. The lowest BCUT2D eigenvalue weighted by Gasteiger charge is -2.47. The van der Waals surface area contributed by atoms with Crippen molar-refractivity contribution >= 4 is 22.7 Å². The van der Waals surface area contributed by atoms with Crippen molar-refractivity contribution in [1.29, 1.82) is 0 Å². The summed E-state index contributed by atoms with van der Waals surface area (Å²) in [5.74, 6) is -0.256. The zero-order valence-corrected chi connectivity index (χ0v) is 22.6. The average molecular weight is 567 g/mol. The molecular formula is C33H28F2N4O3. The number of hydrogen-bond acceptors (Lipinski definition) is 5. The van der Waals surface area contributed by atoms with Gasteiger partial charge in [0.1, 0.15) is 29.0 Å². The zero-order chi connectivity index (χ0) is 28.8. The number of hydrogen-bond donors (Lipinski definition) is 3. The van der Waals surface area contributed by atoms with E-state index in [9.17, 15) is 18.7 Å². The van der Waals surface area contributed by atoms with Gasteiger partial charge in [0.05, 0.1) is 17.1 Å². The van der Waals surface area contributed by atoms with Gasteiger partial charge in [-0.2, -0.15) is 0 Å². The van der Waals surface area contributed by atoms with Gasteiger partial charge >= 0.3 is 5.97 Å². The van der Waals surface area contributed by atoms with Crippen LogP contribution in [0.3, 0.4) is 0 Å². The Morgan fingerprint density at radius 1 is 0.905 bits per heavy atom. The van der Waals surface area contributed by atoms with Crippen molar-refractivity contribution in [3.8, 4) is 34.1 Å². The first kappa shape index (κ1) is 26.1. The number of aromatic amines is 1. The molecule has 0 amide bonds. The molecule has 3 fully saturated rings. The fourth-order valence-electron chi connectivity index (χ4n) is 6.63. The number of halogens is 2. The van der Waals surface area contributed by atoms with Gasteiger partial charge in [-0.3, -0.25) is 4.79 Å². The maximum Gasteiger partial charge on any atom is 0.308 e. The highest BCUT2D eigenvalue weighted by Crippen LogP contribution is 2.46. The van der Waals surface area contributed by atoms with Gasteiger partial charge in [-0.05, 0) is 80.0 Å². The van der Waals surface area contributed by atoms with Crippen molar-refractivity contribution in [1.82, 2.24) is 15.0 Å². The number of nitrogens with zero attached hydrogens (tertiary/aromatic N) is 2. The Morgan fingerprint density at radius 3 is 2.36 bits per heavy atom. The van der Waals surface area contributed by atoms with Crippen LogP contribution >= 0.6 is 0 Å². The number of benzene rings is 3. The first-order valence-electron chi connectivity index (χ1n) is 14.1. The van der Waals surface area contributed by atoms with Crippen molar-refractivity contribution in [2.75, 3.05) is 5.32 Å². The Balaban J connectivity index is 1.29. The second-order valence-electron chi connectivity index (χ2n) is 11.1. The lowest BCUT2D eigenvalue weighted by Crippen LogP contribution is -2.51. The highest BCUT2D eigenvalue weighted by Gasteiger charge is 2.47. The Hall–Kier alpha value is -4.79. The smallest absolute Gasteiger partial charge is 0.308 e. The summed E-state index contributed by atoms with van der Waals surface area (Å²) < 4.78 is 34.7. The first-order valence-corrected chi connectivity index (χ1v) is 14.1. The van der Waals surface area contributed by atoms with Crippen molar-refractivity contribution < 1.29 is 23.4 Å². The van der Waals surface area contributed by atoms with Crippen LogP contribution in [-0.2, 0) is 4.79 Å². The van der Waals surface area contributed by atoms with Crippen LogP contribution < -0.4 is 10.1 Å². The number of carboxylic acids is 1. The Kier molecular flexibility index (Phi) is 6.57. The molecule has 3 aromatic carbocycles. The molecule has 3 aliphatic carbocycles. The lowest BCUT2D eigenvalue weighted by molar-refractivity contribution is -0.148. The van der Waals surface area contributed by atoms with E-state index < -0.39 is 23.5 Å². The van der Waals surface area contributed by atoms with Gasteiger partial charge in [-0.1, -0.05) is 18.2 Å². The first-order chi connectivity index (χ1) is 20.4. The van der Waals surface area contributed by atoms with Crippen LogP contribution in [0.1, 0.15) is 25.7 Å². The third-order valence-corrected chi connectivity index (χ3v) is 8.62. The Labute approximate surface area is 240 Å². The van der Waals surface area contributed by atoms with Gasteiger partial charge in [0, 0.05) is 40.9 Å². The third-order valence-electron chi connectivity index (χ3n) is 8.62. The number of nitrogens with one attached hydrogen (secondary N) is 2. The summed E-state index contributed by atoms with van der Waals surface area (Å²) in [6.07, 6.45) is 5.35. The van der Waals surface area contributed by atoms with E-state index in [1.807, 2.05) is 54.6 Å². The number of fused-ring (bicyclic) bond motifs is 4. The predicted molar refractivity (Wildman–Crippen MR) is 155 cm³/mol. The second-order valence-corrected chi connectivity index (χ2v) is 11.1. The molecule has 3 saturated carbocycles. The molecule has 7 nitrogen and oxygen atoms in total. The molecular weight excluding hydrogens is 538 g/mol. The fraction of sp³-hybridized carbons (Fsp3) is 0.242. The molecule has 2 bridgehead atoms. The molecule has 0 aliphatic heterocycles. The lowest BCUT2D eigenvalue weighted by atomic mass is 9.61. The van der Waals surface area contributed by atoms with Crippen LogP contribution in [0.4, 0.5) is 14.6 Å². The highest BCUT2D eigenvalue weighted by atomic mass is 19.1. The normalized spacial score (nSPS) is 21.4. The fourth-order valence-corrected chi connectivity index (χ4v) is 6.63. The minimum absolute atomic E-state index is 0.127. The van der Waals surface area contributed by atoms with Crippen LogP contribution in [0.2, 0.25) is 0 Å². The third kappa shape index (κ3) is 4.85. The van der Waals surface area contributed by atoms with Crippen molar-refractivity contribution in [3.05, 3.63) is 90.6 Å². The number of carbonyl (C=O) groups is 1. The van der Waals surface area contributed by atoms with Gasteiger partial charge in [-0.25, -0.2) is 18.7 Å². The monoisotopic (exact) mass is 566 g/mol. The molecule has 0 radical (unpaired) electrons. The van der Waals surface area contributed by atoms with Gasteiger partial charge < -0.3 is 20.1 Å².